The molecule has 8 heteroatoms. The minimum atomic E-state index is -4.02. The Bertz CT molecular complexity index is 664. The lowest BCUT2D eigenvalue weighted by Gasteiger charge is -2.33. The fraction of sp³-hybridized carbons (Fsp3) is 0.462. The average molecular weight is 336 g/mol. The summed E-state index contributed by atoms with van der Waals surface area (Å²) in [5, 5.41) is 9.02. The fourth-order valence-corrected chi connectivity index (χ4v) is 4.58. The van der Waals surface area contributed by atoms with Gasteiger partial charge in [-0.25, -0.2) is 12.8 Å². The van der Waals surface area contributed by atoms with Gasteiger partial charge in [-0.2, -0.15) is 4.31 Å². The number of piperidine rings is 1. The van der Waals surface area contributed by atoms with E-state index in [-0.39, 0.29) is 28.9 Å². The van der Waals surface area contributed by atoms with Crippen LogP contribution in [0.1, 0.15) is 13.3 Å². The molecule has 2 atom stereocenters. The second-order valence-electron chi connectivity index (χ2n) is 5.27. The van der Waals surface area contributed by atoms with E-state index in [4.69, 9.17) is 16.7 Å². The fourth-order valence-electron chi connectivity index (χ4n) is 2.49. The molecule has 0 radical (unpaired) electrons. The van der Waals surface area contributed by atoms with Gasteiger partial charge in [0, 0.05) is 13.1 Å². The van der Waals surface area contributed by atoms with Gasteiger partial charge in [0.25, 0.3) is 0 Å². The van der Waals surface area contributed by atoms with Crippen molar-refractivity contribution in [2.75, 3.05) is 13.1 Å². The number of carbonyl (C=O) groups is 1. The molecule has 2 unspecified atom stereocenters. The number of sulfonamides is 1. The van der Waals surface area contributed by atoms with Gasteiger partial charge in [-0.15, -0.1) is 0 Å². The Kier molecular flexibility index (Phi) is 4.55. The molecular weight excluding hydrogens is 321 g/mol. The molecular formula is C13H15ClFNO4S. The highest BCUT2D eigenvalue weighted by Gasteiger charge is 2.37. The predicted octanol–water partition coefficient (Wildman–Crippen LogP) is 2.21. The second kappa shape index (κ2) is 5.90. The van der Waals surface area contributed by atoms with E-state index >= 15 is 0 Å². The second-order valence-corrected chi connectivity index (χ2v) is 7.59. The monoisotopic (exact) mass is 335 g/mol. The Labute approximate surface area is 127 Å². The molecule has 0 aliphatic carbocycles. The number of benzene rings is 1. The molecule has 1 heterocycles. The number of rotatable bonds is 3. The lowest BCUT2D eigenvalue weighted by molar-refractivity contribution is -0.143. The predicted molar refractivity (Wildman–Crippen MR) is 75.1 cm³/mol. The van der Waals surface area contributed by atoms with Crippen molar-refractivity contribution in [2.45, 2.75) is 18.2 Å². The first kappa shape index (κ1) is 16.2. The summed E-state index contributed by atoms with van der Waals surface area (Å²) in [5.41, 5.74) is 0. The minimum absolute atomic E-state index is 0.0819. The summed E-state index contributed by atoms with van der Waals surface area (Å²) in [6.45, 7) is 1.85. The highest BCUT2D eigenvalue weighted by atomic mass is 35.5. The molecule has 1 aliphatic heterocycles. The normalized spacial score (nSPS) is 24.0. The highest BCUT2D eigenvalue weighted by molar-refractivity contribution is 7.89. The Balaban J connectivity index is 2.38. The Hall–Kier alpha value is -1.18. The van der Waals surface area contributed by atoms with Crippen molar-refractivity contribution in [2.24, 2.45) is 11.8 Å². The zero-order chi connectivity index (χ0) is 15.8. The van der Waals surface area contributed by atoms with Crippen LogP contribution in [-0.2, 0) is 14.8 Å². The van der Waals surface area contributed by atoms with E-state index < -0.39 is 27.7 Å². The van der Waals surface area contributed by atoms with Crippen molar-refractivity contribution in [3.63, 3.8) is 0 Å². The van der Waals surface area contributed by atoms with Crippen molar-refractivity contribution >= 4 is 27.6 Å². The van der Waals surface area contributed by atoms with Crippen molar-refractivity contribution in [3.05, 3.63) is 29.0 Å². The molecule has 116 valence electrons. The molecule has 1 aromatic rings. The highest BCUT2D eigenvalue weighted by Crippen LogP contribution is 2.30. The van der Waals surface area contributed by atoms with Crippen LogP contribution < -0.4 is 0 Å². The van der Waals surface area contributed by atoms with E-state index in [0.29, 0.717) is 6.42 Å². The summed E-state index contributed by atoms with van der Waals surface area (Å²) in [5.74, 6) is -2.61. The third-order valence-electron chi connectivity index (χ3n) is 3.49. The van der Waals surface area contributed by atoms with Crippen molar-refractivity contribution < 1.29 is 22.7 Å². The first-order chi connectivity index (χ1) is 9.71. The Morgan fingerprint density at radius 2 is 2.10 bits per heavy atom. The number of hydrogen-bond acceptors (Lipinski definition) is 3. The number of carboxylic acid groups (broad SMARTS) is 1. The molecule has 0 amide bonds. The van der Waals surface area contributed by atoms with Gasteiger partial charge in [0.2, 0.25) is 10.0 Å². The van der Waals surface area contributed by atoms with Crippen LogP contribution in [0.3, 0.4) is 0 Å². The third-order valence-corrected chi connectivity index (χ3v) is 5.80. The van der Waals surface area contributed by atoms with Crippen LogP contribution in [0.4, 0.5) is 4.39 Å². The molecule has 2 rings (SSSR count). The van der Waals surface area contributed by atoms with E-state index in [1.165, 1.54) is 6.07 Å². The first-order valence-corrected chi connectivity index (χ1v) is 8.21. The standard InChI is InChI=1S/C13H15ClFNO4S/c1-8-4-9(13(17)18)7-16(6-8)21(19,20)12-5-10(15)2-3-11(12)14/h2-3,5,8-9H,4,6-7H2,1H3,(H,17,18). The van der Waals surface area contributed by atoms with Crippen LogP contribution in [0.5, 0.6) is 0 Å². The Morgan fingerprint density at radius 1 is 1.43 bits per heavy atom. The van der Waals surface area contributed by atoms with Crippen molar-refractivity contribution in [3.8, 4) is 0 Å². The molecule has 0 aromatic heterocycles. The molecule has 1 aliphatic rings. The summed E-state index contributed by atoms with van der Waals surface area (Å²) < 4.78 is 39.5. The van der Waals surface area contributed by atoms with Crippen LogP contribution >= 0.6 is 11.6 Å². The molecule has 1 aromatic carbocycles. The molecule has 21 heavy (non-hydrogen) atoms. The van der Waals surface area contributed by atoms with E-state index in [1.807, 2.05) is 0 Å². The van der Waals surface area contributed by atoms with Gasteiger partial charge in [0.05, 0.1) is 10.9 Å². The number of hydrogen-bond donors (Lipinski definition) is 1. The largest absolute Gasteiger partial charge is 0.481 e. The van der Waals surface area contributed by atoms with Gasteiger partial charge in [0.15, 0.2) is 0 Å². The molecule has 1 saturated heterocycles. The molecule has 1 fully saturated rings. The van der Waals surface area contributed by atoms with Crippen LogP contribution in [0.15, 0.2) is 23.1 Å². The topological polar surface area (TPSA) is 74.7 Å². The molecule has 5 nitrogen and oxygen atoms in total. The summed E-state index contributed by atoms with van der Waals surface area (Å²) in [6.07, 6.45) is 0.415. The zero-order valence-electron chi connectivity index (χ0n) is 11.3. The lowest BCUT2D eigenvalue weighted by atomic mass is 9.92. The van der Waals surface area contributed by atoms with Crippen LogP contribution in [0, 0.1) is 17.7 Å². The number of nitrogens with zero attached hydrogens (tertiary/aromatic N) is 1. The number of carboxylic acids is 1. The molecule has 0 bridgehead atoms. The van der Waals surface area contributed by atoms with Crippen LogP contribution in [0.25, 0.3) is 0 Å². The average Bonchev–Trinajstić information content (AvgIpc) is 2.40. The quantitative estimate of drug-likeness (QED) is 0.919. The maximum absolute atomic E-state index is 13.3. The first-order valence-electron chi connectivity index (χ1n) is 6.40. The third kappa shape index (κ3) is 3.36. The van der Waals surface area contributed by atoms with Gasteiger partial charge >= 0.3 is 5.97 Å². The Morgan fingerprint density at radius 3 is 2.71 bits per heavy atom. The lowest BCUT2D eigenvalue weighted by Crippen LogP contribution is -2.45. The van der Waals surface area contributed by atoms with Gasteiger partial charge < -0.3 is 5.11 Å². The van der Waals surface area contributed by atoms with Crippen LogP contribution in [-0.4, -0.2) is 36.9 Å². The number of halogens is 2. The molecule has 1 N–H and O–H groups in total. The SMILES string of the molecule is CC1CC(C(=O)O)CN(S(=O)(=O)c2cc(F)ccc2Cl)C1. The van der Waals surface area contributed by atoms with Crippen LogP contribution in [0.2, 0.25) is 5.02 Å². The summed E-state index contributed by atoms with van der Waals surface area (Å²) >= 11 is 5.85. The maximum atomic E-state index is 13.3. The minimum Gasteiger partial charge on any atom is -0.481 e. The summed E-state index contributed by atoms with van der Waals surface area (Å²) in [4.78, 5) is 10.8. The molecule has 0 saturated carbocycles. The van der Waals surface area contributed by atoms with E-state index in [2.05, 4.69) is 0 Å². The number of aliphatic carboxylic acids is 1. The van der Waals surface area contributed by atoms with Gasteiger partial charge in [0.1, 0.15) is 10.7 Å². The van der Waals surface area contributed by atoms with E-state index in [9.17, 15) is 17.6 Å². The smallest absolute Gasteiger partial charge is 0.307 e. The van der Waals surface area contributed by atoms with Crippen molar-refractivity contribution in [1.29, 1.82) is 0 Å². The van der Waals surface area contributed by atoms with Gasteiger partial charge in [-0.3, -0.25) is 4.79 Å². The van der Waals surface area contributed by atoms with Crippen molar-refractivity contribution in [1.82, 2.24) is 4.31 Å². The summed E-state index contributed by atoms with van der Waals surface area (Å²) in [7, 11) is -4.02. The van der Waals surface area contributed by atoms with E-state index in [1.54, 1.807) is 6.92 Å². The van der Waals surface area contributed by atoms with E-state index in [0.717, 1.165) is 16.4 Å². The van der Waals surface area contributed by atoms with Gasteiger partial charge in [-0.1, -0.05) is 18.5 Å². The molecule has 0 spiro atoms. The zero-order valence-corrected chi connectivity index (χ0v) is 12.9. The maximum Gasteiger partial charge on any atom is 0.307 e. The van der Waals surface area contributed by atoms with Gasteiger partial charge in [-0.05, 0) is 30.5 Å². The summed E-state index contributed by atoms with van der Waals surface area (Å²) in [6, 6.07) is 3.10.